The van der Waals surface area contributed by atoms with Gasteiger partial charge in [-0.15, -0.1) is 13.2 Å². The number of carbonyl (C=O) groups is 1. The molecule has 1 aliphatic carbocycles. The number of ether oxygens (including phenoxy) is 2. The van der Waals surface area contributed by atoms with Crippen LogP contribution in [0.4, 0.5) is 5.69 Å². The lowest BCUT2D eigenvalue weighted by molar-refractivity contribution is -0.385. The minimum atomic E-state index is -0.451. The van der Waals surface area contributed by atoms with E-state index in [0.29, 0.717) is 22.9 Å². The number of nitrogens with zero attached hydrogens (tertiary/aromatic N) is 1. The Hall–Kier alpha value is -1.57. The van der Waals surface area contributed by atoms with Crippen LogP contribution in [-0.2, 0) is 15.9 Å². The van der Waals surface area contributed by atoms with Gasteiger partial charge >= 0.3 is 0 Å². The van der Waals surface area contributed by atoms with Gasteiger partial charge in [-0.2, -0.15) is 0 Å². The standard InChI is InChI=1S/C9H6BrNO3.C6H14O2.C2H4/c10-7-4-6-5(1-2-9(6)12)3-8(7)11(13)14;1-4-7-6(3)8-5-2;1-2/h3-4H,1-2H2;6H,4-5H2,1-3H3;1-2H2. The van der Waals surface area contributed by atoms with E-state index in [1.165, 1.54) is 6.07 Å². The van der Waals surface area contributed by atoms with Crippen LogP contribution in [0.5, 0.6) is 0 Å². The SMILES string of the molecule is C=C.CCOC(C)OCC.O=C1CCc2cc([N+](=O)[O-])c(Br)cc21. The molecule has 0 heterocycles. The molecule has 2 rings (SSSR count). The van der Waals surface area contributed by atoms with Gasteiger partial charge < -0.3 is 9.47 Å². The van der Waals surface area contributed by atoms with Crippen LogP contribution in [0.1, 0.15) is 43.1 Å². The van der Waals surface area contributed by atoms with Crippen LogP contribution in [0.2, 0.25) is 0 Å². The number of rotatable bonds is 5. The highest BCUT2D eigenvalue weighted by Gasteiger charge is 2.24. The van der Waals surface area contributed by atoms with E-state index < -0.39 is 4.92 Å². The average molecular weight is 402 g/mol. The molecule has 134 valence electrons. The zero-order valence-corrected chi connectivity index (χ0v) is 15.9. The molecule has 0 spiro atoms. The highest BCUT2D eigenvalue weighted by Crippen LogP contribution is 2.32. The quantitative estimate of drug-likeness (QED) is 0.309. The average Bonchev–Trinajstić information content (AvgIpc) is 2.90. The smallest absolute Gasteiger partial charge is 0.283 e. The minimum absolute atomic E-state index is 0.0263. The number of nitro benzene ring substituents is 1. The third kappa shape index (κ3) is 6.90. The number of aryl methyl sites for hydroxylation is 1. The maximum atomic E-state index is 11.3. The van der Waals surface area contributed by atoms with Crippen LogP contribution < -0.4 is 0 Å². The van der Waals surface area contributed by atoms with Crippen molar-refractivity contribution in [1.29, 1.82) is 0 Å². The van der Waals surface area contributed by atoms with Crippen molar-refractivity contribution >= 4 is 27.4 Å². The van der Waals surface area contributed by atoms with Crippen LogP contribution in [-0.4, -0.2) is 30.2 Å². The summed E-state index contributed by atoms with van der Waals surface area (Å²) in [7, 11) is 0. The van der Waals surface area contributed by atoms with Gasteiger partial charge in [0.05, 0.1) is 9.40 Å². The van der Waals surface area contributed by atoms with Gasteiger partial charge in [-0.25, -0.2) is 0 Å². The molecule has 1 aliphatic rings. The van der Waals surface area contributed by atoms with E-state index in [1.54, 1.807) is 6.07 Å². The number of Topliss-reactive ketones (excluding diaryl/α,β-unsaturated/α-hetero) is 1. The summed E-state index contributed by atoms with van der Waals surface area (Å²) < 4.78 is 10.5. The van der Waals surface area contributed by atoms with Crippen molar-refractivity contribution in [3.05, 3.63) is 51.0 Å². The van der Waals surface area contributed by atoms with Gasteiger partial charge in [-0.3, -0.25) is 14.9 Å². The van der Waals surface area contributed by atoms with Gasteiger partial charge in [-0.05, 0) is 54.8 Å². The zero-order valence-electron chi connectivity index (χ0n) is 14.3. The largest absolute Gasteiger partial charge is 0.353 e. The van der Waals surface area contributed by atoms with Crippen LogP contribution >= 0.6 is 15.9 Å². The number of ketones is 1. The normalized spacial score (nSPS) is 12.0. The molecule has 0 saturated heterocycles. The van der Waals surface area contributed by atoms with Crippen LogP contribution in [0.15, 0.2) is 29.8 Å². The molecule has 0 aliphatic heterocycles. The fourth-order valence-electron chi connectivity index (χ4n) is 2.11. The minimum Gasteiger partial charge on any atom is -0.353 e. The van der Waals surface area contributed by atoms with Crippen LogP contribution in [0, 0.1) is 10.1 Å². The van der Waals surface area contributed by atoms with Crippen molar-refractivity contribution < 1.29 is 19.2 Å². The van der Waals surface area contributed by atoms with E-state index >= 15 is 0 Å². The summed E-state index contributed by atoms with van der Waals surface area (Å²) >= 11 is 3.08. The Labute approximate surface area is 151 Å². The first-order valence-electron chi connectivity index (χ1n) is 7.63. The maximum absolute atomic E-state index is 11.3. The summed E-state index contributed by atoms with van der Waals surface area (Å²) in [6.07, 6.45) is 1.04. The van der Waals surface area contributed by atoms with Crippen molar-refractivity contribution in [3.8, 4) is 0 Å². The molecule has 6 nitrogen and oxygen atoms in total. The predicted molar refractivity (Wildman–Crippen MR) is 97.4 cm³/mol. The molecule has 0 radical (unpaired) electrons. The summed E-state index contributed by atoms with van der Waals surface area (Å²) in [5.41, 5.74) is 1.42. The van der Waals surface area contributed by atoms with Gasteiger partial charge in [0, 0.05) is 31.3 Å². The number of nitro groups is 1. The third-order valence-electron chi connectivity index (χ3n) is 3.09. The van der Waals surface area contributed by atoms with Gasteiger partial charge in [0.25, 0.3) is 5.69 Å². The Kier molecular flexibility index (Phi) is 11.1. The molecule has 0 unspecified atom stereocenters. The second-order valence-electron chi connectivity index (χ2n) is 4.62. The molecule has 7 heteroatoms. The number of fused-ring (bicyclic) bond motifs is 1. The Morgan fingerprint density at radius 2 is 1.79 bits per heavy atom. The number of carbonyl (C=O) groups excluding carboxylic acids is 1. The molecular formula is C17H24BrNO5. The first-order valence-corrected chi connectivity index (χ1v) is 8.43. The van der Waals surface area contributed by atoms with Crippen LogP contribution in [0.3, 0.4) is 0 Å². The van der Waals surface area contributed by atoms with E-state index in [-0.39, 0.29) is 17.8 Å². The van der Waals surface area contributed by atoms with Crippen molar-refractivity contribution in [1.82, 2.24) is 0 Å². The second-order valence-corrected chi connectivity index (χ2v) is 5.47. The van der Waals surface area contributed by atoms with E-state index in [4.69, 9.17) is 9.47 Å². The first-order chi connectivity index (χ1) is 11.4. The van der Waals surface area contributed by atoms with Gasteiger partial charge in [0.15, 0.2) is 12.1 Å². The van der Waals surface area contributed by atoms with Crippen molar-refractivity contribution in [2.24, 2.45) is 0 Å². The second kappa shape index (κ2) is 11.9. The molecular weight excluding hydrogens is 378 g/mol. The molecule has 24 heavy (non-hydrogen) atoms. The molecule has 1 aromatic rings. The number of hydrogen-bond acceptors (Lipinski definition) is 5. The predicted octanol–water partition coefficient (Wildman–Crippen LogP) is 4.69. The molecule has 1 aromatic carbocycles. The molecule has 0 bridgehead atoms. The van der Waals surface area contributed by atoms with Crippen molar-refractivity contribution in [2.75, 3.05) is 13.2 Å². The third-order valence-corrected chi connectivity index (χ3v) is 3.73. The molecule has 0 fully saturated rings. The Bertz CT molecular complexity index is 556. The van der Waals surface area contributed by atoms with Gasteiger partial charge in [-0.1, -0.05) is 0 Å². The fourth-order valence-corrected chi connectivity index (χ4v) is 2.60. The molecule has 0 atom stereocenters. The zero-order chi connectivity index (χ0) is 18.7. The number of hydrogen-bond donors (Lipinski definition) is 0. The highest BCUT2D eigenvalue weighted by atomic mass is 79.9. The molecule has 0 amide bonds. The molecule has 0 aromatic heterocycles. The summed E-state index contributed by atoms with van der Waals surface area (Å²) in [5, 5.41) is 10.6. The van der Waals surface area contributed by atoms with E-state index in [1.807, 2.05) is 20.8 Å². The summed E-state index contributed by atoms with van der Waals surface area (Å²) in [4.78, 5) is 21.5. The Morgan fingerprint density at radius 3 is 2.25 bits per heavy atom. The maximum Gasteiger partial charge on any atom is 0.283 e. The summed E-state index contributed by atoms with van der Waals surface area (Å²) in [6.45, 7) is 13.3. The Morgan fingerprint density at radius 1 is 1.25 bits per heavy atom. The van der Waals surface area contributed by atoms with Crippen LogP contribution in [0.25, 0.3) is 0 Å². The van der Waals surface area contributed by atoms with Crippen molar-refractivity contribution in [3.63, 3.8) is 0 Å². The number of halogens is 1. The summed E-state index contributed by atoms with van der Waals surface area (Å²) in [5.74, 6) is 0.0654. The topological polar surface area (TPSA) is 78.7 Å². The fraction of sp³-hybridized carbons (Fsp3) is 0.471. The van der Waals surface area contributed by atoms with E-state index in [0.717, 1.165) is 18.8 Å². The first kappa shape index (κ1) is 22.4. The summed E-state index contributed by atoms with van der Waals surface area (Å²) in [6, 6.07) is 3.02. The highest BCUT2D eigenvalue weighted by molar-refractivity contribution is 9.10. The molecule has 0 saturated carbocycles. The van der Waals surface area contributed by atoms with Crippen molar-refractivity contribution in [2.45, 2.75) is 39.9 Å². The van der Waals surface area contributed by atoms with Gasteiger partial charge in [0.2, 0.25) is 0 Å². The van der Waals surface area contributed by atoms with E-state index in [2.05, 4.69) is 29.1 Å². The number of benzene rings is 1. The lowest BCUT2D eigenvalue weighted by Crippen LogP contribution is -2.11. The monoisotopic (exact) mass is 401 g/mol. The van der Waals surface area contributed by atoms with Gasteiger partial charge in [0.1, 0.15) is 0 Å². The van der Waals surface area contributed by atoms with E-state index in [9.17, 15) is 14.9 Å². The lowest BCUT2D eigenvalue weighted by Gasteiger charge is -2.09. The lowest BCUT2D eigenvalue weighted by atomic mass is 10.1. The Balaban J connectivity index is 0.000000456. The molecule has 0 N–H and O–H groups in total.